The first kappa shape index (κ1) is 16.5. The molecule has 0 aliphatic heterocycles. The molecular formula is C19H18N8. The first-order valence-corrected chi connectivity index (χ1v) is 8.37. The highest BCUT2D eigenvalue weighted by molar-refractivity contribution is 5.63. The lowest BCUT2D eigenvalue weighted by atomic mass is 10.3. The maximum atomic E-state index is 5.80. The van der Waals surface area contributed by atoms with Crippen LogP contribution in [0.2, 0.25) is 0 Å². The zero-order valence-electron chi connectivity index (χ0n) is 14.7. The molecule has 0 bridgehead atoms. The molecule has 2 aromatic heterocycles. The summed E-state index contributed by atoms with van der Waals surface area (Å²) in [5, 5.41) is 10.7. The Labute approximate surface area is 156 Å². The number of nitrogens with two attached hydrogens (primary N) is 1. The van der Waals surface area contributed by atoms with Crippen LogP contribution in [0.15, 0.2) is 67.1 Å². The Bertz CT molecular complexity index is 1060. The van der Waals surface area contributed by atoms with Gasteiger partial charge in [0.25, 0.3) is 0 Å². The van der Waals surface area contributed by atoms with Crippen LogP contribution < -0.4 is 16.4 Å². The van der Waals surface area contributed by atoms with Crippen LogP contribution in [0.3, 0.4) is 0 Å². The van der Waals surface area contributed by atoms with Gasteiger partial charge in [-0.2, -0.15) is 10.1 Å². The highest BCUT2D eigenvalue weighted by atomic mass is 15.3. The minimum atomic E-state index is 0.494. The van der Waals surface area contributed by atoms with Gasteiger partial charge >= 0.3 is 0 Å². The van der Waals surface area contributed by atoms with E-state index in [-0.39, 0.29) is 0 Å². The average Bonchev–Trinajstić information content (AvgIpc) is 3.09. The van der Waals surface area contributed by atoms with Crippen LogP contribution in [-0.4, -0.2) is 24.7 Å². The van der Waals surface area contributed by atoms with Gasteiger partial charge in [-0.25, -0.2) is 14.6 Å². The number of nitrogens with one attached hydrogen (secondary N) is 2. The van der Waals surface area contributed by atoms with Crippen LogP contribution in [0.25, 0.3) is 5.69 Å². The number of anilines is 5. The van der Waals surface area contributed by atoms with Crippen molar-refractivity contribution in [1.82, 2.24) is 24.7 Å². The fourth-order valence-electron chi connectivity index (χ4n) is 2.55. The standard InChI is InChI=1S/C19H18N8/c1-13-22-12-27(26-13)17-7-5-15(6-8-17)24-19-21-10-9-18(25-19)23-16-4-2-3-14(20)11-16/h2-12H,20H2,1H3,(H2,21,23,24,25). The first-order valence-electron chi connectivity index (χ1n) is 8.37. The number of aromatic nitrogens is 5. The summed E-state index contributed by atoms with van der Waals surface area (Å²) in [5.74, 6) is 1.90. The second-order valence-electron chi connectivity index (χ2n) is 5.92. The Morgan fingerprint density at radius 3 is 2.52 bits per heavy atom. The summed E-state index contributed by atoms with van der Waals surface area (Å²) in [6.07, 6.45) is 3.38. The van der Waals surface area contributed by atoms with E-state index in [4.69, 9.17) is 5.73 Å². The molecule has 4 N–H and O–H groups in total. The fraction of sp³-hybridized carbons (Fsp3) is 0.0526. The van der Waals surface area contributed by atoms with E-state index in [1.165, 1.54) is 0 Å². The van der Waals surface area contributed by atoms with Gasteiger partial charge in [0.15, 0.2) is 0 Å². The molecule has 134 valence electrons. The van der Waals surface area contributed by atoms with Crippen LogP contribution in [0.4, 0.5) is 28.8 Å². The van der Waals surface area contributed by atoms with Crippen LogP contribution >= 0.6 is 0 Å². The maximum absolute atomic E-state index is 5.80. The van der Waals surface area contributed by atoms with Crippen molar-refractivity contribution >= 4 is 28.8 Å². The summed E-state index contributed by atoms with van der Waals surface area (Å²) in [4.78, 5) is 12.9. The molecule has 0 saturated heterocycles. The minimum absolute atomic E-state index is 0.494. The van der Waals surface area contributed by atoms with E-state index in [0.29, 0.717) is 17.5 Å². The third-order valence-electron chi connectivity index (χ3n) is 3.81. The van der Waals surface area contributed by atoms with Crippen LogP contribution in [-0.2, 0) is 0 Å². The van der Waals surface area contributed by atoms with Crippen molar-refractivity contribution in [3.8, 4) is 5.69 Å². The first-order chi connectivity index (χ1) is 13.2. The van der Waals surface area contributed by atoms with Crippen molar-refractivity contribution in [2.75, 3.05) is 16.4 Å². The number of benzene rings is 2. The third kappa shape index (κ3) is 4.01. The van der Waals surface area contributed by atoms with E-state index in [0.717, 1.165) is 22.9 Å². The second kappa shape index (κ2) is 7.12. The molecule has 8 heteroatoms. The summed E-state index contributed by atoms with van der Waals surface area (Å²) >= 11 is 0. The summed E-state index contributed by atoms with van der Waals surface area (Å²) in [7, 11) is 0. The molecule has 0 saturated carbocycles. The van der Waals surface area contributed by atoms with Gasteiger partial charge in [-0.15, -0.1) is 0 Å². The maximum Gasteiger partial charge on any atom is 0.229 e. The molecule has 0 fully saturated rings. The molecule has 0 unspecified atom stereocenters. The number of rotatable bonds is 5. The van der Waals surface area contributed by atoms with Crippen LogP contribution in [0, 0.1) is 6.92 Å². The lowest BCUT2D eigenvalue weighted by molar-refractivity contribution is 0.863. The Morgan fingerprint density at radius 1 is 0.926 bits per heavy atom. The van der Waals surface area contributed by atoms with Crippen molar-refractivity contribution in [2.24, 2.45) is 0 Å². The van der Waals surface area contributed by atoms with Crippen molar-refractivity contribution < 1.29 is 0 Å². The van der Waals surface area contributed by atoms with E-state index < -0.39 is 0 Å². The zero-order chi connectivity index (χ0) is 18.6. The molecule has 4 rings (SSSR count). The predicted octanol–water partition coefficient (Wildman–Crippen LogP) is 3.44. The molecule has 0 aliphatic rings. The van der Waals surface area contributed by atoms with Gasteiger partial charge < -0.3 is 16.4 Å². The second-order valence-corrected chi connectivity index (χ2v) is 5.92. The molecule has 27 heavy (non-hydrogen) atoms. The Hall–Kier alpha value is -3.94. The molecule has 4 aromatic rings. The van der Waals surface area contributed by atoms with Gasteiger partial charge in [0.2, 0.25) is 5.95 Å². The normalized spacial score (nSPS) is 10.6. The number of hydrogen-bond acceptors (Lipinski definition) is 7. The molecule has 2 heterocycles. The molecule has 8 nitrogen and oxygen atoms in total. The van der Waals surface area contributed by atoms with E-state index in [2.05, 4.69) is 30.7 Å². The average molecular weight is 358 g/mol. The van der Waals surface area contributed by atoms with Gasteiger partial charge in [0.1, 0.15) is 18.0 Å². The molecule has 0 aliphatic carbocycles. The lowest BCUT2D eigenvalue weighted by Crippen LogP contribution is -2.01. The molecule has 0 radical (unpaired) electrons. The topological polar surface area (TPSA) is 107 Å². The van der Waals surface area contributed by atoms with E-state index in [1.54, 1.807) is 23.3 Å². The van der Waals surface area contributed by atoms with Gasteiger partial charge in [-0.05, 0) is 55.5 Å². The SMILES string of the molecule is Cc1ncn(-c2ccc(Nc3nccc(Nc4cccc(N)c4)n3)cc2)n1. The predicted molar refractivity (Wildman–Crippen MR) is 106 cm³/mol. The van der Waals surface area contributed by atoms with Crippen molar-refractivity contribution in [3.63, 3.8) is 0 Å². The van der Waals surface area contributed by atoms with E-state index >= 15 is 0 Å². The molecule has 2 aromatic carbocycles. The number of nitrogens with zero attached hydrogens (tertiary/aromatic N) is 5. The van der Waals surface area contributed by atoms with Crippen molar-refractivity contribution in [3.05, 3.63) is 72.9 Å². The van der Waals surface area contributed by atoms with E-state index in [1.807, 2.05) is 55.5 Å². The van der Waals surface area contributed by atoms with Crippen LogP contribution in [0.5, 0.6) is 0 Å². The minimum Gasteiger partial charge on any atom is -0.399 e. The number of aryl methyl sites for hydroxylation is 1. The van der Waals surface area contributed by atoms with Crippen LogP contribution in [0.1, 0.15) is 5.82 Å². The Morgan fingerprint density at radius 2 is 1.78 bits per heavy atom. The van der Waals surface area contributed by atoms with Gasteiger partial charge in [-0.1, -0.05) is 6.07 Å². The quantitative estimate of drug-likeness (QED) is 0.469. The monoisotopic (exact) mass is 358 g/mol. The molecule has 0 atom stereocenters. The number of nitrogen functional groups attached to an aromatic ring is 1. The summed E-state index contributed by atoms with van der Waals surface area (Å²) in [6.45, 7) is 1.86. The summed E-state index contributed by atoms with van der Waals surface area (Å²) in [5.41, 5.74) is 9.16. The van der Waals surface area contributed by atoms with Gasteiger partial charge in [0, 0.05) is 23.3 Å². The van der Waals surface area contributed by atoms with Gasteiger partial charge in [0.05, 0.1) is 5.69 Å². The summed E-state index contributed by atoms with van der Waals surface area (Å²) in [6, 6.07) is 17.1. The largest absolute Gasteiger partial charge is 0.399 e. The zero-order valence-corrected chi connectivity index (χ0v) is 14.7. The van der Waals surface area contributed by atoms with Crippen molar-refractivity contribution in [1.29, 1.82) is 0 Å². The third-order valence-corrected chi connectivity index (χ3v) is 3.81. The molecule has 0 amide bonds. The lowest BCUT2D eigenvalue weighted by Gasteiger charge is -2.09. The Balaban J connectivity index is 1.48. The highest BCUT2D eigenvalue weighted by Crippen LogP contribution is 2.20. The smallest absolute Gasteiger partial charge is 0.229 e. The molecular weight excluding hydrogens is 340 g/mol. The van der Waals surface area contributed by atoms with Crippen molar-refractivity contribution in [2.45, 2.75) is 6.92 Å². The Kier molecular flexibility index (Phi) is 4.36. The number of hydrogen-bond donors (Lipinski definition) is 3. The molecule has 0 spiro atoms. The van der Waals surface area contributed by atoms with E-state index in [9.17, 15) is 0 Å². The fourth-order valence-corrected chi connectivity index (χ4v) is 2.55. The highest BCUT2D eigenvalue weighted by Gasteiger charge is 2.03. The van der Waals surface area contributed by atoms with Gasteiger partial charge in [-0.3, -0.25) is 0 Å². The summed E-state index contributed by atoms with van der Waals surface area (Å²) < 4.78 is 1.73.